The van der Waals surface area contributed by atoms with E-state index in [0.717, 1.165) is 31.4 Å². The van der Waals surface area contributed by atoms with Gasteiger partial charge < -0.3 is 9.47 Å². The van der Waals surface area contributed by atoms with Crippen LogP contribution < -0.4 is 4.72 Å². The molecule has 29 heavy (non-hydrogen) atoms. The van der Waals surface area contributed by atoms with Gasteiger partial charge in [-0.15, -0.1) is 0 Å². The number of likely N-dealkylation sites (tertiary alicyclic amines) is 1. The first-order chi connectivity index (χ1) is 13.9. The van der Waals surface area contributed by atoms with Gasteiger partial charge in [0.15, 0.2) is 0 Å². The SMILES string of the molecule is CCCCS(=O)(=O)NC1CC12CCN(C(=O)c1ccc(-n3ccnc3)cc1)CC2. The van der Waals surface area contributed by atoms with Gasteiger partial charge in [0.1, 0.15) is 0 Å². The van der Waals surface area contributed by atoms with Crippen molar-refractivity contribution >= 4 is 15.9 Å². The van der Waals surface area contributed by atoms with Crippen molar-refractivity contribution in [3.63, 3.8) is 0 Å². The van der Waals surface area contributed by atoms with Crippen LogP contribution in [0.1, 0.15) is 49.4 Å². The molecular formula is C21H28N4O3S. The fourth-order valence-electron chi connectivity index (χ4n) is 4.20. The summed E-state index contributed by atoms with van der Waals surface area (Å²) in [4.78, 5) is 18.8. The first kappa shape index (κ1) is 20.1. The summed E-state index contributed by atoms with van der Waals surface area (Å²) in [7, 11) is -3.19. The maximum Gasteiger partial charge on any atom is 0.253 e. The summed E-state index contributed by atoms with van der Waals surface area (Å²) >= 11 is 0. The minimum atomic E-state index is -3.19. The summed E-state index contributed by atoms with van der Waals surface area (Å²) in [6, 6.07) is 7.58. The standard InChI is InChI=1S/C21H28N4O3S/c1-2-3-14-29(27,28)23-19-15-21(19)8-11-24(12-9-21)20(26)17-4-6-18(7-5-17)25-13-10-22-16-25/h4-7,10,13,16,19,23H,2-3,8-9,11-12,14-15H2,1H3. The van der Waals surface area contributed by atoms with Crippen molar-refractivity contribution in [1.82, 2.24) is 19.2 Å². The molecule has 156 valence electrons. The molecule has 1 aromatic carbocycles. The molecule has 1 saturated carbocycles. The van der Waals surface area contributed by atoms with Crippen LogP contribution in [0.2, 0.25) is 0 Å². The Morgan fingerprint density at radius 2 is 1.97 bits per heavy atom. The summed E-state index contributed by atoms with van der Waals surface area (Å²) < 4.78 is 29.1. The highest BCUT2D eigenvalue weighted by Gasteiger charge is 2.56. The molecule has 8 heteroatoms. The van der Waals surface area contributed by atoms with E-state index in [1.807, 2.05) is 46.9 Å². The molecule has 0 radical (unpaired) electrons. The molecular weight excluding hydrogens is 388 g/mol. The van der Waals surface area contributed by atoms with Crippen molar-refractivity contribution in [2.75, 3.05) is 18.8 Å². The summed E-state index contributed by atoms with van der Waals surface area (Å²) in [6.45, 7) is 3.34. The summed E-state index contributed by atoms with van der Waals surface area (Å²) in [5.74, 6) is 0.244. The van der Waals surface area contributed by atoms with Crippen LogP contribution in [0.25, 0.3) is 5.69 Å². The van der Waals surface area contributed by atoms with E-state index in [0.29, 0.717) is 25.1 Å². The normalized spacial score (nSPS) is 20.7. The average Bonchev–Trinajstić information content (AvgIpc) is 3.12. The zero-order valence-electron chi connectivity index (χ0n) is 16.8. The number of hydrogen-bond donors (Lipinski definition) is 1. The molecule has 1 aliphatic carbocycles. The monoisotopic (exact) mass is 416 g/mol. The number of piperidine rings is 1. The second-order valence-corrected chi connectivity index (χ2v) is 10.1. The Morgan fingerprint density at radius 3 is 2.59 bits per heavy atom. The molecule has 1 amide bonds. The quantitative estimate of drug-likeness (QED) is 0.752. The van der Waals surface area contributed by atoms with Gasteiger partial charge in [0.2, 0.25) is 10.0 Å². The smallest absolute Gasteiger partial charge is 0.253 e. The highest BCUT2D eigenvalue weighted by molar-refractivity contribution is 7.89. The summed E-state index contributed by atoms with van der Waals surface area (Å²) in [6.07, 6.45) is 9.47. The van der Waals surface area contributed by atoms with Crippen LogP contribution in [0, 0.1) is 5.41 Å². The Kier molecular flexibility index (Phi) is 5.48. The number of imidazole rings is 1. The average molecular weight is 417 g/mol. The van der Waals surface area contributed by atoms with Gasteiger partial charge in [-0.2, -0.15) is 0 Å². The van der Waals surface area contributed by atoms with Crippen molar-refractivity contribution < 1.29 is 13.2 Å². The highest BCUT2D eigenvalue weighted by atomic mass is 32.2. The number of carbonyl (C=O) groups is 1. The van der Waals surface area contributed by atoms with Crippen LogP contribution in [0.15, 0.2) is 43.0 Å². The fourth-order valence-corrected chi connectivity index (χ4v) is 5.76. The maximum absolute atomic E-state index is 12.9. The van der Waals surface area contributed by atoms with Crippen molar-refractivity contribution in [3.8, 4) is 5.69 Å². The first-order valence-electron chi connectivity index (χ1n) is 10.3. The van der Waals surface area contributed by atoms with Crippen LogP contribution in [0.3, 0.4) is 0 Å². The molecule has 0 bridgehead atoms. The minimum absolute atomic E-state index is 0.0380. The Bertz CT molecular complexity index is 946. The van der Waals surface area contributed by atoms with E-state index in [1.165, 1.54) is 0 Å². The van der Waals surface area contributed by atoms with Gasteiger partial charge in [-0.1, -0.05) is 13.3 Å². The van der Waals surface area contributed by atoms with Crippen LogP contribution in [0.4, 0.5) is 0 Å². The zero-order chi connectivity index (χ0) is 20.5. The Hall–Kier alpha value is -2.19. The first-order valence-corrected chi connectivity index (χ1v) is 12.0. The molecule has 1 N–H and O–H groups in total. The molecule has 1 aromatic heterocycles. The largest absolute Gasteiger partial charge is 0.339 e. The summed E-state index contributed by atoms with van der Waals surface area (Å²) in [5, 5.41) is 0. The minimum Gasteiger partial charge on any atom is -0.339 e. The fraction of sp³-hybridized carbons (Fsp3) is 0.524. The van der Waals surface area contributed by atoms with E-state index in [9.17, 15) is 13.2 Å². The third-order valence-electron chi connectivity index (χ3n) is 6.24. The number of benzene rings is 1. The van der Waals surface area contributed by atoms with Crippen molar-refractivity contribution in [3.05, 3.63) is 48.5 Å². The lowest BCUT2D eigenvalue weighted by molar-refractivity contribution is 0.0674. The Balaban J connectivity index is 1.31. The van der Waals surface area contributed by atoms with Crippen molar-refractivity contribution in [2.24, 2.45) is 5.41 Å². The molecule has 2 fully saturated rings. The predicted octanol–water partition coefficient (Wildman–Crippen LogP) is 2.59. The number of sulfonamides is 1. The summed E-state index contributed by atoms with van der Waals surface area (Å²) in [5.41, 5.74) is 1.69. The molecule has 1 atom stereocenters. The lowest BCUT2D eigenvalue weighted by atomic mass is 9.92. The van der Waals surface area contributed by atoms with Gasteiger partial charge in [0.25, 0.3) is 5.91 Å². The third kappa shape index (κ3) is 4.38. The molecule has 1 unspecified atom stereocenters. The number of carbonyl (C=O) groups excluding carboxylic acids is 1. The van der Waals surface area contributed by atoms with E-state index in [2.05, 4.69) is 9.71 Å². The molecule has 1 saturated heterocycles. The molecule has 2 heterocycles. The van der Waals surface area contributed by atoms with Crippen LogP contribution in [-0.2, 0) is 10.0 Å². The van der Waals surface area contributed by atoms with E-state index >= 15 is 0 Å². The molecule has 2 aliphatic rings. The zero-order valence-corrected chi connectivity index (χ0v) is 17.6. The van der Waals surface area contributed by atoms with Crippen LogP contribution in [0.5, 0.6) is 0 Å². The molecule has 4 rings (SSSR count). The van der Waals surface area contributed by atoms with Gasteiger partial charge in [-0.3, -0.25) is 4.79 Å². The van der Waals surface area contributed by atoms with E-state index in [4.69, 9.17) is 0 Å². The van der Waals surface area contributed by atoms with E-state index < -0.39 is 10.0 Å². The van der Waals surface area contributed by atoms with Gasteiger partial charge in [0, 0.05) is 42.8 Å². The number of nitrogens with one attached hydrogen (secondary N) is 1. The van der Waals surface area contributed by atoms with Gasteiger partial charge >= 0.3 is 0 Å². The van der Waals surface area contributed by atoms with Crippen molar-refractivity contribution in [1.29, 1.82) is 0 Å². The molecule has 1 aliphatic heterocycles. The molecule has 7 nitrogen and oxygen atoms in total. The number of amides is 1. The van der Waals surface area contributed by atoms with Crippen LogP contribution >= 0.6 is 0 Å². The Morgan fingerprint density at radius 1 is 1.24 bits per heavy atom. The maximum atomic E-state index is 12.9. The number of nitrogens with zero attached hydrogens (tertiary/aromatic N) is 3. The van der Waals surface area contributed by atoms with E-state index in [-0.39, 0.29) is 23.1 Å². The molecule has 2 aromatic rings. The van der Waals surface area contributed by atoms with Crippen LogP contribution in [-0.4, -0.2) is 53.7 Å². The van der Waals surface area contributed by atoms with Gasteiger partial charge in [-0.05, 0) is 55.4 Å². The van der Waals surface area contributed by atoms with Crippen molar-refractivity contribution in [2.45, 2.75) is 45.1 Å². The van der Waals surface area contributed by atoms with Gasteiger partial charge in [0.05, 0.1) is 12.1 Å². The number of unbranched alkanes of at least 4 members (excludes halogenated alkanes) is 1. The third-order valence-corrected chi connectivity index (χ3v) is 7.71. The van der Waals surface area contributed by atoms with Gasteiger partial charge in [-0.25, -0.2) is 18.1 Å². The topological polar surface area (TPSA) is 84.3 Å². The molecule has 1 spiro atoms. The second-order valence-electron chi connectivity index (χ2n) is 8.22. The lowest BCUT2D eigenvalue weighted by Gasteiger charge is -2.33. The Labute approximate surface area is 172 Å². The lowest BCUT2D eigenvalue weighted by Crippen LogP contribution is -2.42. The second kappa shape index (κ2) is 7.91. The number of hydrogen-bond acceptors (Lipinski definition) is 4. The highest BCUT2D eigenvalue weighted by Crippen LogP contribution is 2.54. The van der Waals surface area contributed by atoms with E-state index in [1.54, 1.807) is 12.5 Å². The predicted molar refractivity (Wildman–Crippen MR) is 111 cm³/mol. The number of aromatic nitrogens is 2. The number of rotatable bonds is 7.